The highest BCUT2D eigenvalue weighted by Gasteiger charge is 2.36. The largest absolute Gasteiger partial charge is 0.473 e. The molecule has 0 spiro atoms. The van der Waals surface area contributed by atoms with Crippen LogP contribution in [0.2, 0.25) is 5.02 Å². The predicted octanol–water partition coefficient (Wildman–Crippen LogP) is 10.2. The molecule has 0 unspecified atom stereocenters. The summed E-state index contributed by atoms with van der Waals surface area (Å²) >= 11 is 6.46. The first kappa shape index (κ1) is 34.4. The minimum atomic E-state index is -4.73. The van der Waals surface area contributed by atoms with Crippen LogP contribution in [0.25, 0.3) is 23.4 Å². The monoisotopic (exact) mass is 628 g/mol. The van der Waals surface area contributed by atoms with Crippen LogP contribution < -0.4 is 4.74 Å². The van der Waals surface area contributed by atoms with Crippen molar-refractivity contribution in [3.05, 3.63) is 98.9 Å². The van der Waals surface area contributed by atoms with Gasteiger partial charge in [-0.1, -0.05) is 80.9 Å². The topological polar surface area (TPSA) is 74.5 Å². The Balaban J connectivity index is 0.00000127. The summed E-state index contributed by atoms with van der Waals surface area (Å²) in [6.07, 6.45) is -0.106. The van der Waals surface area contributed by atoms with Crippen LogP contribution in [-0.2, 0) is 17.5 Å². The van der Waals surface area contributed by atoms with E-state index in [1.807, 2.05) is 46.8 Å². The summed E-state index contributed by atoms with van der Waals surface area (Å²) in [6.45, 7) is 9.81. The molecule has 44 heavy (non-hydrogen) atoms. The third-order valence-corrected chi connectivity index (χ3v) is 6.84. The number of esters is 1. The molecule has 1 aliphatic rings. The van der Waals surface area contributed by atoms with Crippen LogP contribution in [0.3, 0.4) is 0 Å². The van der Waals surface area contributed by atoms with E-state index >= 15 is 0 Å². The number of carbonyl (C=O) groups excluding carboxylic acids is 1. The lowest BCUT2D eigenvalue weighted by molar-refractivity contribution is -0.141. The number of ether oxygens (including phenoxy) is 2. The van der Waals surface area contributed by atoms with Crippen LogP contribution in [0, 0.1) is 6.92 Å². The summed E-state index contributed by atoms with van der Waals surface area (Å²) in [7, 11) is 1.25. The first-order chi connectivity index (χ1) is 21.2. The van der Waals surface area contributed by atoms with Crippen molar-refractivity contribution in [3.8, 4) is 17.1 Å². The Kier molecular flexibility index (Phi) is 12.2. The lowest BCUT2D eigenvalue weighted by Crippen LogP contribution is -2.12. The van der Waals surface area contributed by atoms with E-state index in [0.717, 1.165) is 18.4 Å². The molecule has 0 atom stereocenters. The Morgan fingerprint density at radius 1 is 1.05 bits per heavy atom. The maximum absolute atomic E-state index is 14.0. The fourth-order valence-corrected chi connectivity index (χ4v) is 4.68. The van der Waals surface area contributed by atoms with Gasteiger partial charge in [-0.2, -0.15) is 13.2 Å². The van der Waals surface area contributed by atoms with Crippen molar-refractivity contribution in [1.29, 1.82) is 0 Å². The molecule has 0 amide bonds. The quantitative estimate of drug-likeness (QED) is 0.181. The molecule has 2 heterocycles. The maximum atomic E-state index is 14.0. The number of rotatable bonds is 8. The number of aryl methyl sites for hydroxylation is 1. The van der Waals surface area contributed by atoms with Crippen molar-refractivity contribution >= 4 is 29.7 Å². The number of hydrogen-bond donors (Lipinski definition) is 0. The molecule has 1 fully saturated rings. The van der Waals surface area contributed by atoms with Gasteiger partial charge in [0.05, 0.1) is 23.3 Å². The number of nitrogens with zero attached hydrogens (tertiary/aromatic N) is 2. The number of hydrogen-bond acceptors (Lipinski definition) is 6. The standard InChI is InChI=1S/C30H24ClF3N2O4.2C2H6/c1-17-5-3-8-23(31)25(17)26-22(27(40-36-26)19-11-12-19)16-39-24-14-13-20(28(35-24)30(32,33)34)10-9-18-6-4-7-21(15-18)29(37)38-2;2*1-2/h3-10,13-15,19H,11-12,16H2,1-2H3;2*1-2H3/b10-9+;;. The van der Waals surface area contributed by atoms with Gasteiger partial charge in [0.15, 0.2) is 5.69 Å². The predicted molar refractivity (Wildman–Crippen MR) is 167 cm³/mol. The Bertz CT molecular complexity index is 1570. The Labute approximate surface area is 260 Å². The molecule has 4 aromatic rings. The highest BCUT2D eigenvalue weighted by molar-refractivity contribution is 6.33. The molecule has 0 N–H and O–H groups in total. The van der Waals surface area contributed by atoms with Gasteiger partial charge in [0.25, 0.3) is 0 Å². The molecule has 6 nitrogen and oxygen atoms in total. The van der Waals surface area contributed by atoms with Crippen LogP contribution in [-0.4, -0.2) is 23.2 Å². The molecule has 2 aromatic heterocycles. The second kappa shape index (κ2) is 15.6. The zero-order chi connectivity index (χ0) is 32.4. The van der Waals surface area contributed by atoms with Gasteiger partial charge in [-0.25, -0.2) is 9.78 Å². The fourth-order valence-electron chi connectivity index (χ4n) is 4.37. The van der Waals surface area contributed by atoms with Gasteiger partial charge in [0, 0.05) is 23.1 Å². The van der Waals surface area contributed by atoms with Crippen LogP contribution >= 0.6 is 11.6 Å². The van der Waals surface area contributed by atoms with Gasteiger partial charge in [0.1, 0.15) is 18.1 Å². The summed E-state index contributed by atoms with van der Waals surface area (Å²) in [5.74, 6) is 0.104. The molecule has 0 aliphatic heterocycles. The van der Waals surface area contributed by atoms with E-state index in [9.17, 15) is 18.0 Å². The van der Waals surface area contributed by atoms with Gasteiger partial charge in [0.2, 0.25) is 5.88 Å². The second-order valence-electron chi connectivity index (χ2n) is 9.40. The zero-order valence-corrected chi connectivity index (χ0v) is 26.3. The van der Waals surface area contributed by atoms with E-state index < -0.39 is 17.8 Å². The number of benzene rings is 2. The van der Waals surface area contributed by atoms with Crippen molar-refractivity contribution in [2.75, 3.05) is 7.11 Å². The second-order valence-corrected chi connectivity index (χ2v) is 9.81. The Hall–Kier alpha value is -4.11. The van der Waals surface area contributed by atoms with Gasteiger partial charge >= 0.3 is 12.1 Å². The summed E-state index contributed by atoms with van der Waals surface area (Å²) < 4.78 is 58.1. The zero-order valence-electron chi connectivity index (χ0n) is 25.6. The molecular weight excluding hydrogens is 593 g/mol. The van der Waals surface area contributed by atoms with E-state index in [4.69, 9.17) is 25.6 Å². The van der Waals surface area contributed by atoms with Crippen LogP contribution in [0.5, 0.6) is 5.88 Å². The van der Waals surface area contributed by atoms with Crippen molar-refractivity contribution in [2.24, 2.45) is 0 Å². The third-order valence-electron chi connectivity index (χ3n) is 6.52. The minimum absolute atomic E-state index is 0.0882. The summed E-state index contributed by atoms with van der Waals surface area (Å²) in [4.78, 5) is 15.6. The van der Waals surface area contributed by atoms with Crippen LogP contribution in [0.1, 0.15) is 90.5 Å². The molecule has 10 heteroatoms. The highest BCUT2D eigenvalue weighted by atomic mass is 35.5. The Morgan fingerprint density at radius 3 is 2.39 bits per heavy atom. The number of carbonyl (C=O) groups is 1. The summed E-state index contributed by atoms with van der Waals surface area (Å²) in [5, 5.41) is 4.74. The number of methoxy groups -OCH3 is 1. The lowest BCUT2D eigenvalue weighted by atomic mass is 10.0. The summed E-state index contributed by atoms with van der Waals surface area (Å²) in [6, 6.07) is 14.5. The van der Waals surface area contributed by atoms with Gasteiger partial charge in [-0.05, 0) is 55.2 Å². The maximum Gasteiger partial charge on any atom is 0.434 e. The van der Waals surface area contributed by atoms with E-state index in [2.05, 4.69) is 10.1 Å². The third kappa shape index (κ3) is 8.29. The smallest absolute Gasteiger partial charge is 0.434 e. The molecule has 1 aliphatic carbocycles. The van der Waals surface area contributed by atoms with Gasteiger partial charge < -0.3 is 14.0 Å². The highest BCUT2D eigenvalue weighted by Crippen LogP contribution is 2.45. The Morgan fingerprint density at radius 2 is 1.75 bits per heavy atom. The van der Waals surface area contributed by atoms with Gasteiger partial charge in [-0.15, -0.1) is 0 Å². The SMILES string of the molecule is CC.CC.COC(=O)c1cccc(/C=C/c2ccc(OCc3c(-c4c(C)cccc4Cl)noc3C3CC3)nc2C(F)(F)F)c1. The molecule has 0 radical (unpaired) electrons. The molecule has 2 aromatic carbocycles. The van der Waals surface area contributed by atoms with E-state index in [1.165, 1.54) is 37.5 Å². The molecule has 0 bridgehead atoms. The van der Waals surface area contributed by atoms with Crippen LogP contribution in [0.15, 0.2) is 59.1 Å². The van der Waals surface area contributed by atoms with E-state index in [0.29, 0.717) is 33.2 Å². The number of halogens is 4. The van der Waals surface area contributed by atoms with Crippen molar-refractivity contribution < 1.29 is 32.0 Å². The minimum Gasteiger partial charge on any atom is -0.473 e. The normalized spacial score (nSPS) is 12.6. The van der Waals surface area contributed by atoms with Crippen LogP contribution in [0.4, 0.5) is 13.2 Å². The molecule has 234 valence electrons. The average Bonchev–Trinajstić information content (AvgIpc) is 3.80. The van der Waals surface area contributed by atoms with E-state index in [-0.39, 0.29) is 29.5 Å². The molecule has 5 rings (SSSR count). The molecule has 1 saturated carbocycles. The van der Waals surface area contributed by atoms with Crippen molar-refractivity contribution in [2.45, 2.75) is 66.2 Å². The number of alkyl halides is 3. The first-order valence-electron chi connectivity index (χ1n) is 14.5. The summed E-state index contributed by atoms with van der Waals surface area (Å²) in [5.41, 5.74) is 2.29. The lowest BCUT2D eigenvalue weighted by Gasteiger charge is -2.13. The van der Waals surface area contributed by atoms with E-state index in [1.54, 1.807) is 24.3 Å². The number of pyridine rings is 1. The fraction of sp³-hybridized carbons (Fsp3) is 0.324. The van der Waals surface area contributed by atoms with Gasteiger partial charge in [-0.3, -0.25) is 0 Å². The first-order valence-corrected chi connectivity index (χ1v) is 14.8. The molecular formula is C34H36ClF3N2O4. The average molecular weight is 629 g/mol. The van der Waals surface area contributed by atoms with Crippen molar-refractivity contribution in [3.63, 3.8) is 0 Å². The molecule has 0 saturated heterocycles. The van der Waals surface area contributed by atoms with Crippen molar-refractivity contribution in [1.82, 2.24) is 10.1 Å². The number of aromatic nitrogens is 2.